The summed E-state index contributed by atoms with van der Waals surface area (Å²) in [5, 5.41) is 3.89. The Balaban J connectivity index is 2.17. The minimum atomic E-state index is -1.45. The number of hydrogen-bond acceptors (Lipinski definition) is 5. The summed E-state index contributed by atoms with van der Waals surface area (Å²) < 4.78 is 0. The summed E-state index contributed by atoms with van der Waals surface area (Å²) in [6.45, 7) is 3.71. The van der Waals surface area contributed by atoms with Gasteiger partial charge in [-0.1, -0.05) is 17.7 Å². The first-order valence-corrected chi connectivity index (χ1v) is 7.62. The van der Waals surface area contributed by atoms with Crippen LogP contribution in [0.15, 0.2) is 29.2 Å². The van der Waals surface area contributed by atoms with Gasteiger partial charge in [0, 0.05) is 17.8 Å². The fourth-order valence-electron chi connectivity index (χ4n) is 2.03. The van der Waals surface area contributed by atoms with Gasteiger partial charge in [-0.05, 0) is 25.3 Å². The van der Waals surface area contributed by atoms with E-state index in [-0.39, 0.29) is 13.0 Å². The Hall–Kier alpha value is -2.28. The van der Waals surface area contributed by atoms with E-state index in [1.165, 1.54) is 11.3 Å². The van der Waals surface area contributed by atoms with Gasteiger partial charge in [-0.3, -0.25) is 24.6 Å². The number of imide groups is 2. The minimum absolute atomic E-state index is 0.00612. The molecule has 2 rings (SSSR count). The molecule has 6 nitrogen and oxygen atoms in total. The van der Waals surface area contributed by atoms with E-state index in [2.05, 4.69) is 5.32 Å². The van der Waals surface area contributed by atoms with E-state index in [0.29, 0.717) is 0 Å². The smallest absolute Gasteiger partial charge is 0.298 e. The van der Waals surface area contributed by atoms with Crippen molar-refractivity contribution in [2.75, 3.05) is 6.54 Å². The third kappa shape index (κ3) is 3.48. The summed E-state index contributed by atoms with van der Waals surface area (Å²) in [6, 6.07) is 2.77. The van der Waals surface area contributed by atoms with Gasteiger partial charge < -0.3 is 0 Å². The molecule has 116 valence electrons. The molecule has 1 unspecified atom stereocenters. The molecule has 1 saturated heterocycles. The molecule has 1 aromatic rings. The van der Waals surface area contributed by atoms with Gasteiger partial charge in [-0.15, -0.1) is 11.3 Å². The second kappa shape index (κ2) is 6.65. The summed E-state index contributed by atoms with van der Waals surface area (Å²) >= 11 is 1.38. The van der Waals surface area contributed by atoms with Crippen molar-refractivity contribution in [3.63, 3.8) is 0 Å². The van der Waals surface area contributed by atoms with Crippen LogP contribution < -0.4 is 5.32 Å². The predicted octanol–water partition coefficient (Wildman–Crippen LogP) is 1.52. The van der Waals surface area contributed by atoms with Crippen molar-refractivity contribution in [3.8, 4) is 0 Å². The van der Waals surface area contributed by atoms with E-state index in [9.17, 15) is 19.2 Å². The zero-order valence-corrected chi connectivity index (χ0v) is 13.1. The molecule has 0 bridgehead atoms. The molecule has 0 aliphatic carbocycles. The lowest BCUT2D eigenvalue weighted by atomic mass is 9.96. The molecule has 1 aliphatic rings. The Labute approximate surface area is 131 Å². The number of carbonyl (C=O) groups is 4. The molecule has 1 aromatic heterocycles. The zero-order valence-electron chi connectivity index (χ0n) is 12.3. The van der Waals surface area contributed by atoms with Crippen molar-refractivity contribution >= 4 is 35.0 Å². The lowest BCUT2D eigenvalue weighted by molar-refractivity contribution is -0.147. The fourth-order valence-corrected chi connectivity index (χ4v) is 2.75. The Kier molecular flexibility index (Phi) is 4.87. The molecular weight excluding hydrogens is 304 g/mol. The second-order valence-corrected chi connectivity index (χ2v) is 6.21. The Morgan fingerprint density at radius 3 is 2.68 bits per heavy atom. The van der Waals surface area contributed by atoms with E-state index in [1.807, 2.05) is 19.2 Å². The monoisotopic (exact) mass is 320 g/mol. The summed E-state index contributed by atoms with van der Waals surface area (Å²) in [6.07, 6.45) is 1.69. The fraction of sp³-hybridized carbons (Fsp3) is 0.333. The van der Waals surface area contributed by atoms with Crippen LogP contribution in [0.3, 0.4) is 0 Å². The van der Waals surface area contributed by atoms with Gasteiger partial charge >= 0.3 is 6.03 Å². The lowest BCUT2D eigenvalue weighted by Gasteiger charge is -2.28. The molecule has 0 radical (unpaired) electrons. The number of ketones is 1. The van der Waals surface area contributed by atoms with Crippen LogP contribution >= 0.6 is 11.3 Å². The number of rotatable bonds is 5. The first-order valence-electron chi connectivity index (χ1n) is 6.75. The van der Waals surface area contributed by atoms with Gasteiger partial charge in [0.2, 0.25) is 5.91 Å². The summed E-state index contributed by atoms with van der Waals surface area (Å²) in [5.41, 5.74) is 0.930. The molecule has 0 spiro atoms. The molecule has 22 heavy (non-hydrogen) atoms. The van der Waals surface area contributed by atoms with Crippen LogP contribution in [0, 0.1) is 5.92 Å². The highest BCUT2D eigenvalue weighted by molar-refractivity contribution is 7.10. The normalized spacial score (nSPS) is 18.2. The number of hydrogen-bond donors (Lipinski definition) is 1. The second-order valence-electron chi connectivity index (χ2n) is 5.18. The quantitative estimate of drug-likeness (QED) is 0.658. The molecule has 7 heteroatoms. The van der Waals surface area contributed by atoms with Crippen LogP contribution in [-0.4, -0.2) is 35.1 Å². The molecule has 1 N–H and O–H groups in total. The number of allylic oxidation sites excluding steroid dienone is 1. The lowest BCUT2D eigenvalue weighted by Crippen LogP contribution is -2.60. The maximum absolute atomic E-state index is 12.3. The number of nitrogens with one attached hydrogen (secondary N) is 1. The molecule has 0 saturated carbocycles. The van der Waals surface area contributed by atoms with Crippen LogP contribution in [0.1, 0.15) is 18.7 Å². The predicted molar refractivity (Wildman–Crippen MR) is 81.2 cm³/mol. The average molecular weight is 320 g/mol. The van der Waals surface area contributed by atoms with Crippen LogP contribution in [0.25, 0.3) is 0 Å². The van der Waals surface area contributed by atoms with Crippen molar-refractivity contribution in [2.24, 2.45) is 5.92 Å². The number of carbonyl (C=O) groups excluding carboxylic acids is 4. The third-order valence-corrected chi connectivity index (χ3v) is 4.06. The summed E-state index contributed by atoms with van der Waals surface area (Å²) in [5.74, 6) is -3.55. The van der Waals surface area contributed by atoms with Gasteiger partial charge in [-0.2, -0.15) is 0 Å². The van der Waals surface area contributed by atoms with E-state index >= 15 is 0 Å². The molecule has 0 aromatic carbocycles. The van der Waals surface area contributed by atoms with E-state index in [1.54, 1.807) is 18.2 Å². The number of nitrogens with zero attached hydrogens (tertiary/aromatic N) is 1. The zero-order chi connectivity index (χ0) is 16.3. The molecule has 1 atom stereocenters. The SMILES string of the molecule is CC(C)=CCN1C(=O)NC(=O)C(C(=O)Cc2cccs2)C1=O. The maximum atomic E-state index is 12.3. The van der Waals surface area contributed by atoms with Crippen LogP contribution in [0.2, 0.25) is 0 Å². The molecule has 1 aliphatic heterocycles. The van der Waals surface area contributed by atoms with Crippen molar-refractivity contribution in [2.45, 2.75) is 20.3 Å². The first kappa shape index (κ1) is 16.1. The standard InChI is InChI=1S/C15H16N2O4S/c1-9(2)5-6-17-14(20)12(13(19)16-15(17)21)11(18)8-10-4-3-7-22-10/h3-5,7,12H,6,8H2,1-2H3,(H,16,19,21). The van der Waals surface area contributed by atoms with Gasteiger partial charge in [0.05, 0.1) is 0 Å². The summed E-state index contributed by atoms with van der Waals surface area (Å²) in [4.78, 5) is 49.8. The number of barbiturate groups is 1. The highest BCUT2D eigenvalue weighted by atomic mass is 32.1. The Bertz CT molecular complexity index is 645. The van der Waals surface area contributed by atoms with Gasteiger partial charge in [0.25, 0.3) is 5.91 Å². The van der Waals surface area contributed by atoms with Crippen molar-refractivity contribution in [1.82, 2.24) is 10.2 Å². The highest BCUT2D eigenvalue weighted by Gasteiger charge is 2.44. The van der Waals surface area contributed by atoms with Gasteiger partial charge in [0.1, 0.15) is 0 Å². The van der Waals surface area contributed by atoms with Crippen LogP contribution in [0.4, 0.5) is 4.79 Å². The largest absolute Gasteiger partial charge is 0.331 e. The van der Waals surface area contributed by atoms with E-state index in [4.69, 9.17) is 0 Å². The first-order chi connectivity index (χ1) is 10.4. The molecule has 4 amide bonds. The number of thiophene rings is 1. The number of Topliss-reactive ketones (excluding diaryl/α,β-unsaturated/α-hetero) is 1. The topological polar surface area (TPSA) is 83.6 Å². The van der Waals surface area contributed by atoms with Crippen molar-refractivity contribution in [3.05, 3.63) is 34.0 Å². The number of amides is 4. The van der Waals surface area contributed by atoms with Gasteiger partial charge in [0.15, 0.2) is 11.7 Å². The highest BCUT2D eigenvalue weighted by Crippen LogP contribution is 2.17. The van der Waals surface area contributed by atoms with Crippen molar-refractivity contribution < 1.29 is 19.2 Å². The van der Waals surface area contributed by atoms with E-state index < -0.39 is 29.5 Å². The molecule has 1 fully saturated rings. The van der Waals surface area contributed by atoms with Crippen molar-refractivity contribution in [1.29, 1.82) is 0 Å². The van der Waals surface area contributed by atoms with Crippen LogP contribution in [0.5, 0.6) is 0 Å². The van der Waals surface area contributed by atoms with Crippen LogP contribution in [-0.2, 0) is 20.8 Å². The number of urea groups is 1. The average Bonchev–Trinajstić information content (AvgIpc) is 2.90. The van der Waals surface area contributed by atoms with E-state index in [0.717, 1.165) is 15.4 Å². The molecular formula is C15H16N2O4S. The Morgan fingerprint density at radius 1 is 1.36 bits per heavy atom. The molecule has 2 heterocycles. The third-order valence-electron chi connectivity index (χ3n) is 3.18. The summed E-state index contributed by atoms with van der Waals surface area (Å²) in [7, 11) is 0. The van der Waals surface area contributed by atoms with Gasteiger partial charge in [-0.25, -0.2) is 4.79 Å². The minimum Gasteiger partial charge on any atom is -0.298 e. The Morgan fingerprint density at radius 2 is 2.09 bits per heavy atom. The maximum Gasteiger partial charge on any atom is 0.331 e.